The van der Waals surface area contributed by atoms with Gasteiger partial charge in [0.25, 0.3) is 0 Å². The molecule has 2 aliphatic rings. The summed E-state index contributed by atoms with van der Waals surface area (Å²) < 4.78 is 16.5. The lowest BCUT2D eigenvalue weighted by Gasteiger charge is -2.16. The fourth-order valence-corrected chi connectivity index (χ4v) is 4.19. The first-order chi connectivity index (χ1) is 13.4. The van der Waals surface area contributed by atoms with Crippen LogP contribution in [0.2, 0.25) is 0 Å². The number of aromatic hydroxyl groups is 1. The minimum absolute atomic E-state index is 0.0379. The highest BCUT2D eigenvalue weighted by atomic mass is 32.1. The molecule has 0 atom stereocenters. The van der Waals surface area contributed by atoms with Crippen LogP contribution in [0.4, 0.5) is 0 Å². The summed E-state index contributed by atoms with van der Waals surface area (Å²) in [6, 6.07) is 0. The first-order valence-corrected chi connectivity index (χ1v) is 10.3. The summed E-state index contributed by atoms with van der Waals surface area (Å²) in [6.45, 7) is 4.10. The zero-order valence-corrected chi connectivity index (χ0v) is 17.6. The highest BCUT2D eigenvalue weighted by Gasteiger charge is 2.31. The van der Waals surface area contributed by atoms with Gasteiger partial charge in [-0.05, 0) is 70.2 Å². The maximum Gasteiger partial charge on any atom is 0.342 e. The SMILES string of the molecule is COc1c(C)c2c(c(O)c1C/C=C(\C)CCC(=S)OC1CCCC1)C(=O)OC2. The fraction of sp³-hybridized carbons (Fsp3) is 0.545. The molecule has 152 valence electrons. The van der Waals surface area contributed by atoms with E-state index >= 15 is 0 Å². The van der Waals surface area contributed by atoms with E-state index in [1.807, 2.05) is 19.9 Å². The Morgan fingerprint density at radius 3 is 2.71 bits per heavy atom. The van der Waals surface area contributed by atoms with E-state index in [4.69, 9.17) is 26.4 Å². The van der Waals surface area contributed by atoms with Crippen LogP contribution in [0, 0.1) is 6.92 Å². The molecule has 0 unspecified atom stereocenters. The van der Waals surface area contributed by atoms with Crippen molar-refractivity contribution in [3.63, 3.8) is 0 Å². The lowest BCUT2D eigenvalue weighted by atomic mass is 9.94. The number of hydrogen-bond acceptors (Lipinski definition) is 6. The van der Waals surface area contributed by atoms with Crippen molar-refractivity contribution in [1.82, 2.24) is 0 Å². The second-order valence-corrected chi connectivity index (χ2v) is 8.02. The molecule has 28 heavy (non-hydrogen) atoms. The van der Waals surface area contributed by atoms with Gasteiger partial charge < -0.3 is 19.3 Å². The Hall–Kier alpha value is -2.08. The predicted octanol–water partition coefficient (Wildman–Crippen LogP) is 4.94. The zero-order valence-electron chi connectivity index (χ0n) is 16.8. The average molecular weight is 405 g/mol. The summed E-state index contributed by atoms with van der Waals surface area (Å²) in [5.41, 5.74) is 3.58. The topological polar surface area (TPSA) is 65.0 Å². The van der Waals surface area contributed by atoms with E-state index < -0.39 is 5.97 Å². The molecule has 0 bridgehead atoms. The molecule has 1 fully saturated rings. The number of rotatable bonds is 7. The van der Waals surface area contributed by atoms with E-state index in [0.717, 1.165) is 30.4 Å². The third kappa shape index (κ3) is 4.32. The number of methoxy groups -OCH3 is 1. The molecule has 1 aromatic carbocycles. The van der Waals surface area contributed by atoms with Gasteiger partial charge in [0.15, 0.2) is 5.05 Å². The number of thiocarbonyl (C=S) groups is 1. The number of carbonyl (C=O) groups excluding carboxylic acids is 1. The number of esters is 1. The summed E-state index contributed by atoms with van der Waals surface area (Å²) in [4.78, 5) is 12.0. The molecule has 0 spiro atoms. The van der Waals surface area contributed by atoms with E-state index in [1.54, 1.807) is 7.11 Å². The van der Waals surface area contributed by atoms with Gasteiger partial charge in [0.1, 0.15) is 23.7 Å². The minimum Gasteiger partial charge on any atom is -0.507 e. The quantitative estimate of drug-likeness (QED) is 0.395. The minimum atomic E-state index is -0.477. The van der Waals surface area contributed by atoms with E-state index in [2.05, 4.69) is 0 Å². The highest BCUT2D eigenvalue weighted by molar-refractivity contribution is 7.80. The van der Waals surface area contributed by atoms with Crippen molar-refractivity contribution in [1.29, 1.82) is 0 Å². The Labute approximate surface area is 171 Å². The van der Waals surface area contributed by atoms with Gasteiger partial charge in [-0.1, -0.05) is 11.6 Å². The Bertz CT molecular complexity index is 806. The van der Waals surface area contributed by atoms with Crippen LogP contribution in [-0.2, 0) is 22.5 Å². The molecular formula is C22H28O5S. The molecule has 3 rings (SSSR count). The van der Waals surface area contributed by atoms with E-state index in [1.165, 1.54) is 12.8 Å². The van der Waals surface area contributed by atoms with Gasteiger partial charge in [0.05, 0.1) is 13.2 Å². The van der Waals surface area contributed by atoms with E-state index in [-0.39, 0.29) is 17.9 Å². The first kappa shape index (κ1) is 20.6. The molecule has 1 saturated carbocycles. The highest BCUT2D eigenvalue weighted by Crippen LogP contribution is 2.42. The summed E-state index contributed by atoms with van der Waals surface area (Å²) in [5, 5.41) is 11.3. The number of allylic oxidation sites excluding steroid dienone is 2. The monoisotopic (exact) mass is 404 g/mol. The summed E-state index contributed by atoms with van der Waals surface area (Å²) in [5.74, 6) is 0.0948. The number of carbonyl (C=O) groups is 1. The van der Waals surface area contributed by atoms with Gasteiger partial charge in [0, 0.05) is 17.5 Å². The van der Waals surface area contributed by atoms with Crippen LogP contribution < -0.4 is 4.74 Å². The Morgan fingerprint density at radius 1 is 1.32 bits per heavy atom. The molecule has 1 N–H and O–H groups in total. The Kier molecular flexibility index (Phi) is 6.60. The molecule has 0 aromatic heterocycles. The molecule has 1 heterocycles. The smallest absolute Gasteiger partial charge is 0.342 e. The number of phenols is 1. The van der Waals surface area contributed by atoms with Crippen LogP contribution in [0.15, 0.2) is 11.6 Å². The normalized spacial score (nSPS) is 16.8. The molecular weight excluding hydrogens is 376 g/mol. The summed E-state index contributed by atoms with van der Waals surface area (Å²) in [7, 11) is 1.57. The summed E-state index contributed by atoms with van der Waals surface area (Å²) in [6.07, 6.45) is 9.00. The predicted molar refractivity (Wildman–Crippen MR) is 111 cm³/mol. The number of cyclic esters (lactones) is 1. The molecule has 1 aromatic rings. The summed E-state index contributed by atoms with van der Waals surface area (Å²) >= 11 is 5.37. The average Bonchev–Trinajstić information content (AvgIpc) is 3.31. The number of fused-ring (bicyclic) bond motifs is 1. The Balaban J connectivity index is 1.67. The standard InChI is InChI=1S/C22H28O5S/c1-13(9-11-18(28)27-15-6-4-5-7-15)8-10-16-20(23)19-17(12-26-22(19)24)14(2)21(16)25-3/h8,15,23H,4-7,9-12H2,1-3H3/b13-8+. The van der Waals surface area contributed by atoms with Gasteiger partial charge in [-0.15, -0.1) is 0 Å². The third-order valence-corrected chi connectivity index (χ3v) is 5.93. The van der Waals surface area contributed by atoms with Crippen LogP contribution in [-0.4, -0.2) is 29.3 Å². The van der Waals surface area contributed by atoms with E-state index in [9.17, 15) is 9.90 Å². The van der Waals surface area contributed by atoms with Crippen molar-refractivity contribution in [3.05, 3.63) is 33.9 Å². The van der Waals surface area contributed by atoms with E-state index in [0.29, 0.717) is 40.9 Å². The maximum absolute atomic E-state index is 12.0. The van der Waals surface area contributed by atoms with Crippen molar-refractivity contribution >= 4 is 23.2 Å². The number of ether oxygens (including phenoxy) is 3. The van der Waals surface area contributed by atoms with Gasteiger partial charge in [-0.3, -0.25) is 0 Å². The molecule has 1 aliphatic carbocycles. The largest absolute Gasteiger partial charge is 0.507 e. The van der Waals surface area contributed by atoms with Crippen molar-refractivity contribution in [2.24, 2.45) is 0 Å². The first-order valence-electron chi connectivity index (χ1n) is 9.85. The fourth-order valence-electron chi connectivity index (χ4n) is 3.96. The van der Waals surface area contributed by atoms with Crippen LogP contribution in [0.3, 0.4) is 0 Å². The maximum atomic E-state index is 12.0. The lowest BCUT2D eigenvalue weighted by molar-refractivity contribution is 0.0533. The van der Waals surface area contributed by atoms with Crippen LogP contribution >= 0.6 is 12.2 Å². The third-order valence-electron chi connectivity index (χ3n) is 5.63. The Morgan fingerprint density at radius 2 is 2.04 bits per heavy atom. The van der Waals surface area contributed by atoms with Crippen LogP contribution in [0.5, 0.6) is 11.5 Å². The number of hydrogen-bond donors (Lipinski definition) is 1. The molecule has 0 amide bonds. The van der Waals surface area contributed by atoms with Gasteiger partial charge in [-0.2, -0.15) is 0 Å². The number of benzene rings is 1. The molecule has 0 radical (unpaired) electrons. The van der Waals surface area contributed by atoms with Gasteiger partial charge in [-0.25, -0.2) is 4.79 Å². The van der Waals surface area contributed by atoms with Gasteiger partial charge >= 0.3 is 5.97 Å². The lowest BCUT2D eigenvalue weighted by Crippen LogP contribution is -2.12. The zero-order chi connectivity index (χ0) is 20.3. The van der Waals surface area contributed by atoms with Crippen molar-refractivity contribution in [3.8, 4) is 11.5 Å². The second kappa shape index (κ2) is 8.95. The second-order valence-electron chi connectivity index (χ2n) is 7.57. The van der Waals surface area contributed by atoms with Crippen LogP contribution in [0.25, 0.3) is 0 Å². The van der Waals surface area contributed by atoms with Crippen LogP contribution in [0.1, 0.15) is 72.5 Å². The molecule has 0 saturated heterocycles. The molecule has 5 nitrogen and oxygen atoms in total. The molecule has 6 heteroatoms. The molecule has 1 aliphatic heterocycles. The van der Waals surface area contributed by atoms with Gasteiger partial charge in [0.2, 0.25) is 0 Å². The van der Waals surface area contributed by atoms with Crippen molar-refractivity contribution in [2.45, 2.75) is 71.5 Å². The number of phenolic OH excluding ortho intramolecular Hbond substituents is 1. The van der Waals surface area contributed by atoms with Crippen molar-refractivity contribution in [2.75, 3.05) is 7.11 Å². The van der Waals surface area contributed by atoms with Crippen molar-refractivity contribution < 1.29 is 24.1 Å².